The van der Waals surface area contributed by atoms with Crippen molar-refractivity contribution in [1.29, 1.82) is 0 Å². The van der Waals surface area contributed by atoms with Gasteiger partial charge in [-0.15, -0.1) is 0 Å². The molecular formula is C64H58BN3O. The molecule has 0 spiro atoms. The maximum atomic E-state index is 7.29. The van der Waals surface area contributed by atoms with E-state index in [-0.39, 0.29) is 28.5 Å². The number of anilines is 3. The summed E-state index contributed by atoms with van der Waals surface area (Å²) in [5, 5.41) is 10.1. The second-order valence-electron chi connectivity index (χ2n) is 24.6. The Morgan fingerprint density at radius 3 is 1.65 bits per heavy atom. The quantitative estimate of drug-likeness (QED) is 0.153. The highest BCUT2D eigenvalue weighted by Gasteiger charge is 2.47. The molecule has 0 saturated carbocycles. The molecule has 2 aliphatic rings. The normalized spacial score (nSPS) is 14.3. The van der Waals surface area contributed by atoms with Crippen LogP contribution in [0.2, 0.25) is 0 Å². The lowest BCUT2D eigenvalue weighted by Gasteiger charge is -2.42. The maximum absolute atomic E-state index is 7.29. The zero-order chi connectivity index (χ0) is 47.6. The van der Waals surface area contributed by atoms with Crippen molar-refractivity contribution in [3.63, 3.8) is 0 Å². The van der Waals surface area contributed by atoms with E-state index >= 15 is 0 Å². The molecule has 0 amide bonds. The first-order valence-electron chi connectivity index (χ1n) is 25.0. The molecule has 14 rings (SSSR count). The second kappa shape index (κ2) is 13.0. The molecule has 0 aliphatic carbocycles. The highest BCUT2D eigenvalue weighted by Crippen LogP contribution is 2.53. The summed E-state index contributed by atoms with van der Waals surface area (Å²) in [5.74, 6) is 0. The van der Waals surface area contributed by atoms with Crippen LogP contribution in [0.4, 0.5) is 17.1 Å². The van der Waals surface area contributed by atoms with Gasteiger partial charge in [0.05, 0.1) is 16.6 Å². The van der Waals surface area contributed by atoms with Crippen molar-refractivity contribution in [2.75, 3.05) is 4.90 Å². The number of hydrogen-bond donors (Lipinski definition) is 0. The number of aromatic nitrogens is 2. The van der Waals surface area contributed by atoms with Crippen LogP contribution in [0.15, 0.2) is 138 Å². The van der Waals surface area contributed by atoms with Crippen LogP contribution in [0.1, 0.15) is 105 Å². The van der Waals surface area contributed by atoms with Crippen molar-refractivity contribution in [3.05, 3.63) is 156 Å². The van der Waals surface area contributed by atoms with Gasteiger partial charge in [-0.3, -0.25) is 0 Å². The minimum Gasteiger partial charge on any atom is -0.455 e. The average Bonchev–Trinajstić information content (AvgIpc) is 4.04. The highest BCUT2D eigenvalue weighted by atomic mass is 16.3. The van der Waals surface area contributed by atoms with Crippen LogP contribution in [-0.4, -0.2) is 15.7 Å². The van der Waals surface area contributed by atoms with Crippen molar-refractivity contribution >= 4 is 117 Å². The summed E-state index contributed by atoms with van der Waals surface area (Å²) in [6.07, 6.45) is 0. The number of rotatable bonds is 1. The minimum atomic E-state index is -0.183. The molecule has 5 heteroatoms. The molecule has 0 unspecified atom stereocenters. The Kier molecular flexibility index (Phi) is 7.73. The molecule has 4 nitrogen and oxygen atoms in total. The summed E-state index contributed by atoms with van der Waals surface area (Å²) in [6, 6.07) is 51.8. The first-order valence-corrected chi connectivity index (χ1v) is 25.0. The number of para-hydroxylation sites is 3. The highest BCUT2D eigenvalue weighted by molar-refractivity contribution is 6.92. The van der Waals surface area contributed by atoms with Crippen LogP contribution < -0.4 is 15.8 Å². The zero-order valence-electron chi connectivity index (χ0n) is 42.0. The smallest absolute Gasteiger partial charge is 0.333 e. The number of nitrogens with zero attached hydrogens (tertiary/aromatic N) is 3. The molecule has 338 valence electrons. The monoisotopic (exact) mass is 895 g/mol. The zero-order valence-corrected chi connectivity index (χ0v) is 42.0. The van der Waals surface area contributed by atoms with Crippen molar-refractivity contribution in [2.45, 2.75) is 105 Å². The summed E-state index contributed by atoms with van der Waals surface area (Å²) in [4.78, 5) is 2.68. The van der Waals surface area contributed by atoms with E-state index in [1.54, 1.807) is 0 Å². The van der Waals surface area contributed by atoms with Gasteiger partial charge in [0.2, 0.25) is 0 Å². The fourth-order valence-corrected chi connectivity index (χ4v) is 12.5. The lowest BCUT2D eigenvalue weighted by Crippen LogP contribution is -2.57. The van der Waals surface area contributed by atoms with Crippen molar-refractivity contribution in [1.82, 2.24) is 8.88 Å². The molecule has 0 fully saturated rings. The Balaban J connectivity index is 1.27. The summed E-state index contributed by atoms with van der Waals surface area (Å²) in [7, 11) is 0. The van der Waals surface area contributed by atoms with Gasteiger partial charge in [-0.1, -0.05) is 150 Å². The first-order chi connectivity index (χ1) is 32.8. The van der Waals surface area contributed by atoms with Gasteiger partial charge in [0.15, 0.2) is 0 Å². The third-order valence-corrected chi connectivity index (χ3v) is 16.2. The minimum absolute atomic E-state index is 0.0239. The molecule has 12 aromatic rings. The molecule has 69 heavy (non-hydrogen) atoms. The SMILES string of the molecule is CC(C)(C)c1cc(N2c3cc4c(oc5ccccc54)c4c3B(c3c2cc2c5ccccc5n5c6ccccc6c3c25)n2c3ccc(C(C)(C)C)cc3c3cc(C(C)(C)C)cc-4c32)cc(C(C)(C)C)c1. The summed E-state index contributed by atoms with van der Waals surface area (Å²) in [5.41, 5.74) is 22.0. The Morgan fingerprint density at radius 1 is 0.420 bits per heavy atom. The fourth-order valence-electron chi connectivity index (χ4n) is 12.5. The molecule has 0 saturated heterocycles. The van der Waals surface area contributed by atoms with Gasteiger partial charge in [-0.2, -0.15) is 0 Å². The molecule has 2 aliphatic heterocycles. The number of furan rings is 1. The Hall–Kier alpha value is -6.98. The molecule has 8 aromatic carbocycles. The van der Waals surface area contributed by atoms with Crippen LogP contribution in [0.25, 0.3) is 93.0 Å². The first kappa shape index (κ1) is 41.0. The molecule has 6 heterocycles. The van der Waals surface area contributed by atoms with Crippen molar-refractivity contribution < 1.29 is 4.42 Å². The van der Waals surface area contributed by atoms with Gasteiger partial charge in [0.25, 0.3) is 0 Å². The van der Waals surface area contributed by atoms with E-state index in [1.165, 1.54) is 121 Å². The van der Waals surface area contributed by atoms with Gasteiger partial charge in [-0.25, -0.2) is 0 Å². The van der Waals surface area contributed by atoms with Crippen LogP contribution >= 0.6 is 0 Å². The van der Waals surface area contributed by atoms with E-state index in [2.05, 4.69) is 230 Å². The van der Waals surface area contributed by atoms with Crippen molar-refractivity contribution in [2.24, 2.45) is 0 Å². The van der Waals surface area contributed by atoms with Gasteiger partial charge in [-0.05, 0) is 122 Å². The van der Waals surface area contributed by atoms with E-state index < -0.39 is 0 Å². The average molecular weight is 896 g/mol. The Morgan fingerprint density at radius 2 is 0.971 bits per heavy atom. The third kappa shape index (κ3) is 5.37. The predicted molar refractivity (Wildman–Crippen MR) is 297 cm³/mol. The number of fused-ring (bicyclic) bond motifs is 18. The largest absolute Gasteiger partial charge is 0.455 e. The Bertz CT molecular complexity index is 4210. The molecule has 0 atom stereocenters. The van der Waals surface area contributed by atoms with Crippen molar-refractivity contribution in [3.8, 4) is 11.1 Å². The lowest BCUT2D eigenvalue weighted by atomic mass is 9.44. The van der Waals surface area contributed by atoms with E-state index in [4.69, 9.17) is 4.42 Å². The van der Waals surface area contributed by atoms with Gasteiger partial charge in [0, 0.05) is 82.3 Å². The van der Waals surface area contributed by atoms with E-state index in [1.807, 2.05) is 0 Å². The second-order valence-corrected chi connectivity index (χ2v) is 24.6. The molecule has 0 N–H and O–H groups in total. The van der Waals surface area contributed by atoms with Gasteiger partial charge in [0.1, 0.15) is 11.2 Å². The topological polar surface area (TPSA) is 25.7 Å². The predicted octanol–water partition coefficient (Wildman–Crippen LogP) is 16.5. The molecule has 0 radical (unpaired) electrons. The lowest BCUT2D eigenvalue weighted by molar-refractivity contribution is 0.569. The fraction of sp³-hybridized carbons (Fsp3) is 0.250. The van der Waals surface area contributed by atoms with Crippen LogP contribution in [0, 0.1) is 0 Å². The summed E-state index contributed by atoms with van der Waals surface area (Å²) >= 11 is 0. The van der Waals surface area contributed by atoms with E-state index in [0.717, 1.165) is 21.9 Å². The Labute approximate surface area is 404 Å². The van der Waals surface area contributed by atoms with E-state index in [0.29, 0.717) is 0 Å². The molecule has 0 bridgehead atoms. The molecule has 4 aromatic heterocycles. The standard InChI is InChI=1S/C64H58BN3O/c1-61(2,3)35-25-26-50-43(30-35)44-31-38(64(10,11)12)32-47-55-57-52(34-46-41-20-15-18-24-53(41)69-60(46)55)66(39-28-36(62(4,5)6)27-37(29-39)63(7,8)9)51-33-45-40-19-13-16-22-48(40)67-49-23-17-14-21-42(49)54(59(45)67)56(51)65(57)68(50)58(44)47/h13-34H,1-12H3. The maximum Gasteiger partial charge on any atom is 0.333 e. The summed E-state index contributed by atoms with van der Waals surface area (Å²) < 4.78 is 12.6. The van der Waals surface area contributed by atoms with Crippen LogP contribution in [0.3, 0.4) is 0 Å². The van der Waals surface area contributed by atoms with E-state index in [9.17, 15) is 0 Å². The summed E-state index contributed by atoms with van der Waals surface area (Å²) in [6.45, 7) is 28.1. The molecular weight excluding hydrogens is 838 g/mol. The third-order valence-electron chi connectivity index (χ3n) is 16.2. The number of benzene rings is 8. The number of hydrogen-bond acceptors (Lipinski definition) is 2. The van der Waals surface area contributed by atoms with Gasteiger partial charge >= 0.3 is 6.85 Å². The van der Waals surface area contributed by atoms with Crippen LogP contribution in [0.5, 0.6) is 0 Å². The van der Waals surface area contributed by atoms with Crippen LogP contribution in [-0.2, 0) is 21.7 Å². The van der Waals surface area contributed by atoms with Gasteiger partial charge < -0.3 is 18.2 Å².